The SMILES string of the molecule is CCOc1cc(C#N)cc(-c2cccc(C=O)c2OC)c1. The van der Waals surface area contributed by atoms with Crippen LogP contribution >= 0.6 is 0 Å². The van der Waals surface area contributed by atoms with Crippen LogP contribution in [0.1, 0.15) is 22.8 Å². The van der Waals surface area contributed by atoms with E-state index in [4.69, 9.17) is 14.7 Å². The number of ether oxygens (including phenoxy) is 2. The zero-order chi connectivity index (χ0) is 15.2. The van der Waals surface area contributed by atoms with Crippen molar-refractivity contribution in [3.8, 4) is 28.7 Å². The summed E-state index contributed by atoms with van der Waals surface area (Å²) in [6, 6.07) is 12.7. The topological polar surface area (TPSA) is 59.3 Å². The van der Waals surface area contributed by atoms with Gasteiger partial charge in [0.15, 0.2) is 6.29 Å². The molecule has 4 nitrogen and oxygen atoms in total. The van der Waals surface area contributed by atoms with Crippen LogP contribution in [0, 0.1) is 11.3 Å². The molecule has 0 aliphatic carbocycles. The summed E-state index contributed by atoms with van der Waals surface area (Å²) >= 11 is 0. The molecule has 0 saturated carbocycles. The Balaban J connectivity index is 2.63. The average molecular weight is 281 g/mol. The molecule has 0 spiro atoms. The van der Waals surface area contributed by atoms with E-state index >= 15 is 0 Å². The summed E-state index contributed by atoms with van der Waals surface area (Å²) in [7, 11) is 1.52. The van der Waals surface area contributed by atoms with Crippen LogP contribution in [0.15, 0.2) is 36.4 Å². The van der Waals surface area contributed by atoms with Crippen molar-refractivity contribution in [3.05, 3.63) is 47.5 Å². The van der Waals surface area contributed by atoms with Gasteiger partial charge in [-0.1, -0.05) is 12.1 Å². The highest BCUT2D eigenvalue weighted by atomic mass is 16.5. The summed E-state index contributed by atoms with van der Waals surface area (Å²) in [5.74, 6) is 1.11. The monoisotopic (exact) mass is 281 g/mol. The lowest BCUT2D eigenvalue weighted by molar-refractivity contribution is 0.112. The molecular formula is C17H15NO3. The maximum Gasteiger partial charge on any atom is 0.153 e. The normalized spacial score (nSPS) is 9.76. The molecule has 0 aromatic heterocycles. The Labute approximate surface area is 123 Å². The van der Waals surface area contributed by atoms with Gasteiger partial charge >= 0.3 is 0 Å². The first-order valence-corrected chi connectivity index (χ1v) is 6.54. The van der Waals surface area contributed by atoms with Crippen LogP contribution in [0.2, 0.25) is 0 Å². The molecule has 0 fully saturated rings. The van der Waals surface area contributed by atoms with Crippen molar-refractivity contribution in [2.24, 2.45) is 0 Å². The molecule has 0 bridgehead atoms. The molecule has 4 heteroatoms. The Morgan fingerprint density at radius 1 is 1.29 bits per heavy atom. The lowest BCUT2D eigenvalue weighted by Crippen LogP contribution is -1.96. The first-order valence-electron chi connectivity index (χ1n) is 6.54. The number of nitriles is 1. The lowest BCUT2D eigenvalue weighted by Gasteiger charge is -2.12. The van der Waals surface area contributed by atoms with Gasteiger partial charge in [0.1, 0.15) is 11.5 Å². The Morgan fingerprint density at radius 3 is 2.71 bits per heavy atom. The molecule has 0 atom stereocenters. The van der Waals surface area contributed by atoms with Crippen molar-refractivity contribution in [2.75, 3.05) is 13.7 Å². The van der Waals surface area contributed by atoms with Crippen LogP contribution in [0.25, 0.3) is 11.1 Å². The average Bonchev–Trinajstić information content (AvgIpc) is 2.53. The van der Waals surface area contributed by atoms with E-state index in [9.17, 15) is 4.79 Å². The van der Waals surface area contributed by atoms with Gasteiger partial charge in [0.05, 0.1) is 30.9 Å². The fraction of sp³-hybridized carbons (Fsp3) is 0.176. The Bertz CT molecular complexity index is 702. The predicted octanol–water partition coefficient (Wildman–Crippen LogP) is 3.45. The van der Waals surface area contributed by atoms with Crippen molar-refractivity contribution in [3.63, 3.8) is 0 Å². The third-order valence-corrected chi connectivity index (χ3v) is 3.03. The van der Waals surface area contributed by atoms with E-state index < -0.39 is 0 Å². The number of benzene rings is 2. The highest BCUT2D eigenvalue weighted by molar-refractivity contribution is 5.86. The van der Waals surface area contributed by atoms with Gasteiger partial charge in [-0.05, 0) is 36.8 Å². The molecule has 0 heterocycles. The second-order valence-corrected chi connectivity index (χ2v) is 4.34. The van der Waals surface area contributed by atoms with Gasteiger partial charge in [0.25, 0.3) is 0 Å². The van der Waals surface area contributed by atoms with Crippen molar-refractivity contribution >= 4 is 6.29 Å². The number of nitrogens with zero attached hydrogens (tertiary/aromatic N) is 1. The molecule has 0 aliphatic rings. The Kier molecular flexibility index (Phi) is 4.57. The minimum absolute atomic E-state index is 0.468. The number of hydrogen-bond acceptors (Lipinski definition) is 4. The number of para-hydroxylation sites is 1. The molecule has 106 valence electrons. The van der Waals surface area contributed by atoms with Crippen molar-refractivity contribution < 1.29 is 14.3 Å². The van der Waals surface area contributed by atoms with Crippen LogP contribution in [0.5, 0.6) is 11.5 Å². The summed E-state index contributed by atoms with van der Waals surface area (Å²) in [5, 5.41) is 9.14. The van der Waals surface area contributed by atoms with Gasteiger partial charge in [-0.25, -0.2) is 0 Å². The zero-order valence-corrected chi connectivity index (χ0v) is 11.9. The molecule has 21 heavy (non-hydrogen) atoms. The zero-order valence-electron chi connectivity index (χ0n) is 11.9. The van der Waals surface area contributed by atoms with E-state index in [2.05, 4.69) is 6.07 Å². The molecule has 0 N–H and O–H groups in total. The van der Waals surface area contributed by atoms with Crippen LogP contribution in [0.4, 0.5) is 0 Å². The van der Waals surface area contributed by atoms with E-state index in [-0.39, 0.29) is 0 Å². The van der Waals surface area contributed by atoms with Gasteiger partial charge in [-0.2, -0.15) is 5.26 Å². The number of rotatable bonds is 5. The summed E-state index contributed by atoms with van der Waals surface area (Å²) in [6.45, 7) is 2.39. The third kappa shape index (κ3) is 3.03. The van der Waals surface area contributed by atoms with Gasteiger partial charge in [-0.15, -0.1) is 0 Å². The Morgan fingerprint density at radius 2 is 2.10 bits per heavy atom. The van der Waals surface area contributed by atoms with Gasteiger partial charge in [-0.3, -0.25) is 4.79 Å². The van der Waals surface area contributed by atoms with Crippen LogP contribution in [-0.2, 0) is 0 Å². The van der Waals surface area contributed by atoms with Crippen molar-refractivity contribution in [1.82, 2.24) is 0 Å². The first-order chi connectivity index (χ1) is 10.2. The summed E-state index contributed by atoms with van der Waals surface area (Å²) in [6.07, 6.45) is 0.750. The largest absolute Gasteiger partial charge is 0.495 e. The fourth-order valence-corrected chi connectivity index (χ4v) is 2.17. The summed E-state index contributed by atoms with van der Waals surface area (Å²) < 4.78 is 10.8. The van der Waals surface area contributed by atoms with E-state index in [1.54, 1.807) is 24.3 Å². The predicted molar refractivity (Wildman–Crippen MR) is 79.7 cm³/mol. The molecule has 2 aromatic carbocycles. The van der Waals surface area contributed by atoms with Gasteiger partial charge in [0, 0.05) is 5.56 Å². The maximum absolute atomic E-state index is 11.1. The number of methoxy groups -OCH3 is 1. The highest BCUT2D eigenvalue weighted by Crippen LogP contribution is 2.34. The molecule has 0 radical (unpaired) electrons. The van der Waals surface area contributed by atoms with Gasteiger partial charge in [0.2, 0.25) is 0 Å². The number of carbonyl (C=O) groups is 1. The number of aldehydes is 1. The quantitative estimate of drug-likeness (QED) is 0.788. The number of carbonyl (C=O) groups excluding carboxylic acids is 1. The molecule has 0 aliphatic heterocycles. The lowest BCUT2D eigenvalue weighted by atomic mass is 9.99. The Hall–Kier alpha value is -2.80. The fourth-order valence-electron chi connectivity index (χ4n) is 2.17. The minimum Gasteiger partial charge on any atom is -0.495 e. The van der Waals surface area contributed by atoms with Crippen molar-refractivity contribution in [1.29, 1.82) is 5.26 Å². The van der Waals surface area contributed by atoms with Crippen LogP contribution in [-0.4, -0.2) is 20.0 Å². The summed E-state index contributed by atoms with van der Waals surface area (Å²) in [4.78, 5) is 11.1. The molecular weight excluding hydrogens is 266 g/mol. The molecule has 2 aromatic rings. The van der Waals surface area contributed by atoms with Crippen molar-refractivity contribution in [2.45, 2.75) is 6.92 Å². The molecule has 0 unspecified atom stereocenters. The first kappa shape index (κ1) is 14.6. The molecule has 0 amide bonds. The van der Waals surface area contributed by atoms with E-state index in [1.807, 2.05) is 19.1 Å². The third-order valence-electron chi connectivity index (χ3n) is 3.03. The smallest absolute Gasteiger partial charge is 0.153 e. The minimum atomic E-state index is 0.468. The molecule has 2 rings (SSSR count). The second-order valence-electron chi connectivity index (χ2n) is 4.34. The van der Waals surface area contributed by atoms with Crippen LogP contribution in [0.3, 0.4) is 0 Å². The second kappa shape index (κ2) is 6.58. The number of hydrogen-bond donors (Lipinski definition) is 0. The summed E-state index contributed by atoms with van der Waals surface area (Å²) in [5.41, 5.74) is 2.49. The van der Waals surface area contributed by atoms with E-state index in [0.29, 0.717) is 29.2 Å². The molecule has 0 saturated heterocycles. The van der Waals surface area contributed by atoms with Crippen LogP contribution < -0.4 is 9.47 Å². The standard InChI is InChI=1S/C17H15NO3/c1-3-21-15-8-12(10-18)7-14(9-15)16-6-4-5-13(11-19)17(16)20-2/h4-9,11H,3H2,1-2H3. The highest BCUT2D eigenvalue weighted by Gasteiger charge is 2.12. The van der Waals surface area contributed by atoms with E-state index in [1.165, 1.54) is 7.11 Å². The van der Waals surface area contributed by atoms with Gasteiger partial charge < -0.3 is 9.47 Å². The maximum atomic E-state index is 11.1. The van der Waals surface area contributed by atoms with E-state index in [0.717, 1.165) is 17.4 Å².